The van der Waals surface area contributed by atoms with Crippen molar-refractivity contribution < 1.29 is 22.7 Å². The van der Waals surface area contributed by atoms with Gasteiger partial charge in [0.05, 0.1) is 6.54 Å². The molecule has 5 rings (SSSR count). The molecule has 5 heterocycles. The second kappa shape index (κ2) is 9.00. The lowest BCUT2D eigenvalue weighted by Crippen LogP contribution is -2.40. The lowest BCUT2D eigenvalue weighted by Gasteiger charge is -2.30. The summed E-state index contributed by atoms with van der Waals surface area (Å²) in [6.45, 7) is 6.42. The minimum Gasteiger partial charge on any atom is -0.444 e. The summed E-state index contributed by atoms with van der Waals surface area (Å²) in [4.78, 5) is 35.4. The standard InChI is InChI=1S/C27H26F3N5O3/c1-26(2,3)38-25(37)34-11-10-20-19(15-34)18-6-8-22(32-24(18)33(20)4)35-12-9-16(13-23(35)36)17-5-7-21(31-14-17)27(28,29)30/h5-9,12-14H,10-11,15H2,1-4H3. The van der Waals surface area contributed by atoms with Crippen molar-refractivity contribution >= 4 is 17.1 Å². The van der Waals surface area contributed by atoms with Gasteiger partial charge in [-0.2, -0.15) is 13.2 Å². The molecule has 8 nitrogen and oxygen atoms in total. The van der Waals surface area contributed by atoms with Gasteiger partial charge in [-0.25, -0.2) is 9.78 Å². The van der Waals surface area contributed by atoms with Crippen LogP contribution in [0.5, 0.6) is 0 Å². The van der Waals surface area contributed by atoms with Gasteiger partial charge in [-0.1, -0.05) is 6.07 Å². The molecule has 4 aromatic heterocycles. The average Bonchev–Trinajstić information content (AvgIpc) is 3.13. The molecule has 0 bridgehead atoms. The predicted octanol–water partition coefficient (Wildman–Crippen LogP) is 5.10. The molecule has 4 aromatic rings. The first kappa shape index (κ1) is 25.5. The Hall–Kier alpha value is -4.15. The smallest absolute Gasteiger partial charge is 0.433 e. The fraction of sp³-hybridized carbons (Fsp3) is 0.333. The number of rotatable bonds is 2. The minimum absolute atomic E-state index is 0.361. The zero-order chi connectivity index (χ0) is 27.4. The van der Waals surface area contributed by atoms with Crippen LogP contribution in [0.15, 0.2) is 53.6 Å². The molecule has 0 aromatic carbocycles. The van der Waals surface area contributed by atoms with E-state index in [1.807, 2.05) is 38.5 Å². The molecule has 1 aliphatic heterocycles. The average molecular weight is 526 g/mol. The number of aryl methyl sites for hydroxylation is 1. The third-order valence-electron chi connectivity index (χ3n) is 6.43. The van der Waals surface area contributed by atoms with E-state index in [2.05, 4.69) is 4.98 Å². The highest BCUT2D eigenvalue weighted by Crippen LogP contribution is 2.31. The predicted molar refractivity (Wildman–Crippen MR) is 135 cm³/mol. The van der Waals surface area contributed by atoms with Gasteiger partial charge >= 0.3 is 12.3 Å². The van der Waals surface area contributed by atoms with Gasteiger partial charge in [0.25, 0.3) is 5.56 Å². The van der Waals surface area contributed by atoms with Crippen LogP contribution < -0.4 is 5.56 Å². The number of amides is 1. The Morgan fingerprint density at radius 3 is 2.45 bits per heavy atom. The van der Waals surface area contributed by atoms with Crippen LogP contribution in [0.1, 0.15) is 37.7 Å². The first-order valence-electron chi connectivity index (χ1n) is 12.0. The highest BCUT2D eigenvalue weighted by molar-refractivity contribution is 5.84. The van der Waals surface area contributed by atoms with Crippen LogP contribution in [0.2, 0.25) is 0 Å². The van der Waals surface area contributed by atoms with Gasteiger partial charge in [0.1, 0.15) is 22.8 Å². The van der Waals surface area contributed by atoms with E-state index < -0.39 is 17.5 Å². The van der Waals surface area contributed by atoms with Crippen LogP contribution in [0.25, 0.3) is 28.0 Å². The van der Waals surface area contributed by atoms with Crippen molar-refractivity contribution in [3.05, 3.63) is 76.1 Å². The van der Waals surface area contributed by atoms with Crippen molar-refractivity contribution in [1.82, 2.24) is 24.0 Å². The summed E-state index contributed by atoms with van der Waals surface area (Å²) in [7, 11) is 1.91. The molecule has 38 heavy (non-hydrogen) atoms. The van der Waals surface area contributed by atoms with Gasteiger partial charge in [0, 0.05) is 60.7 Å². The van der Waals surface area contributed by atoms with Crippen LogP contribution in [0.4, 0.5) is 18.0 Å². The summed E-state index contributed by atoms with van der Waals surface area (Å²) in [5.74, 6) is 0.404. The Morgan fingerprint density at radius 1 is 1.05 bits per heavy atom. The molecule has 0 fully saturated rings. The molecule has 1 aliphatic rings. The second-order valence-corrected chi connectivity index (χ2v) is 10.2. The topological polar surface area (TPSA) is 82.3 Å². The van der Waals surface area contributed by atoms with Crippen molar-refractivity contribution in [1.29, 1.82) is 0 Å². The van der Waals surface area contributed by atoms with Gasteiger partial charge in [0.15, 0.2) is 0 Å². The Kier molecular flexibility index (Phi) is 6.04. The Labute approximate surface area is 216 Å². The molecular formula is C27H26F3N5O3. The summed E-state index contributed by atoms with van der Waals surface area (Å²) in [5, 5.41) is 0.889. The molecule has 0 unspecified atom stereocenters. The minimum atomic E-state index is -4.53. The first-order chi connectivity index (χ1) is 17.8. The monoisotopic (exact) mass is 525 g/mol. The van der Waals surface area contributed by atoms with Crippen LogP contribution in [-0.4, -0.2) is 42.2 Å². The number of carbonyl (C=O) groups excluding carboxylic acids is 1. The molecule has 198 valence electrons. The van der Waals surface area contributed by atoms with E-state index in [9.17, 15) is 22.8 Å². The van der Waals surface area contributed by atoms with Crippen molar-refractivity contribution in [3.63, 3.8) is 0 Å². The zero-order valence-electron chi connectivity index (χ0n) is 21.3. The molecule has 0 spiro atoms. The molecule has 11 heteroatoms. The number of pyridine rings is 3. The molecule has 0 atom stereocenters. The summed E-state index contributed by atoms with van der Waals surface area (Å²) >= 11 is 0. The number of aromatic nitrogens is 4. The molecule has 0 radical (unpaired) electrons. The number of hydrogen-bond acceptors (Lipinski definition) is 5. The van der Waals surface area contributed by atoms with E-state index in [4.69, 9.17) is 9.72 Å². The SMILES string of the molecule is Cn1c2c(c3ccc(-n4ccc(-c5ccc(C(F)(F)F)nc5)cc4=O)nc31)CN(C(=O)OC(C)(C)C)CC2. The number of halogens is 3. The van der Waals surface area contributed by atoms with E-state index in [0.717, 1.165) is 28.9 Å². The normalized spacial score (nSPS) is 14.0. The number of hydrogen-bond donors (Lipinski definition) is 0. The van der Waals surface area contributed by atoms with Crippen molar-refractivity contribution in [2.45, 2.75) is 45.5 Å². The molecule has 0 N–H and O–H groups in total. The summed E-state index contributed by atoms with van der Waals surface area (Å²) in [5.41, 5.74) is 1.63. The highest BCUT2D eigenvalue weighted by atomic mass is 19.4. The molecular weight excluding hydrogens is 499 g/mol. The van der Waals surface area contributed by atoms with E-state index in [1.54, 1.807) is 17.0 Å². The number of carbonyl (C=O) groups is 1. The number of nitrogens with zero attached hydrogens (tertiary/aromatic N) is 5. The fourth-order valence-corrected chi connectivity index (χ4v) is 4.62. The molecule has 0 aliphatic carbocycles. The van der Waals surface area contributed by atoms with Gasteiger partial charge in [-0.15, -0.1) is 0 Å². The third-order valence-corrected chi connectivity index (χ3v) is 6.43. The van der Waals surface area contributed by atoms with Crippen molar-refractivity contribution in [2.75, 3.05) is 6.54 Å². The van der Waals surface area contributed by atoms with E-state index >= 15 is 0 Å². The fourth-order valence-electron chi connectivity index (χ4n) is 4.62. The summed E-state index contributed by atoms with van der Waals surface area (Å²) < 4.78 is 47.3. The van der Waals surface area contributed by atoms with Crippen molar-refractivity contribution in [3.8, 4) is 16.9 Å². The quantitative estimate of drug-likeness (QED) is 0.364. The van der Waals surface area contributed by atoms with Crippen LogP contribution in [0.3, 0.4) is 0 Å². The van der Waals surface area contributed by atoms with E-state index in [1.165, 1.54) is 22.9 Å². The Morgan fingerprint density at radius 2 is 1.82 bits per heavy atom. The lowest BCUT2D eigenvalue weighted by molar-refractivity contribution is -0.141. The maximum absolute atomic E-state index is 12.9. The van der Waals surface area contributed by atoms with Crippen LogP contribution >= 0.6 is 0 Å². The Balaban J connectivity index is 1.44. The van der Waals surface area contributed by atoms with Gasteiger partial charge in [0.2, 0.25) is 0 Å². The number of ether oxygens (including phenoxy) is 1. The largest absolute Gasteiger partial charge is 0.444 e. The third kappa shape index (κ3) is 4.75. The summed E-state index contributed by atoms with van der Waals surface area (Å²) in [6, 6.07) is 8.76. The molecule has 0 saturated heterocycles. The number of alkyl halides is 3. The van der Waals surface area contributed by atoms with E-state index in [-0.39, 0.29) is 11.7 Å². The lowest BCUT2D eigenvalue weighted by atomic mass is 10.1. The Bertz CT molecular complexity index is 1600. The van der Waals surface area contributed by atoms with Gasteiger partial charge < -0.3 is 14.2 Å². The zero-order valence-corrected chi connectivity index (χ0v) is 21.3. The maximum atomic E-state index is 12.9. The first-order valence-corrected chi connectivity index (χ1v) is 12.0. The highest BCUT2D eigenvalue weighted by Gasteiger charge is 2.32. The van der Waals surface area contributed by atoms with Crippen LogP contribution in [-0.2, 0) is 30.9 Å². The maximum Gasteiger partial charge on any atom is 0.433 e. The summed E-state index contributed by atoms with van der Waals surface area (Å²) in [6.07, 6.45) is -1.61. The van der Waals surface area contributed by atoms with Crippen molar-refractivity contribution in [2.24, 2.45) is 7.05 Å². The second-order valence-electron chi connectivity index (χ2n) is 10.2. The number of fused-ring (bicyclic) bond motifs is 3. The van der Waals surface area contributed by atoms with Gasteiger partial charge in [-0.05, 0) is 50.6 Å². The van der Waals surface area contributed by atoms with Crippen LogP contribution in [0, 0.1) is 0 Å². The molecule has 0 saturated carbocycles. The van der Waals surface area contributed by atoms with Gasteiger partial charge in [-0.3, -0.25) is 14.3 Å². The molecule has 1 amide bonds. The van der Waals surface area contributed by atoms with E-state index in [0.29, 0.717) is 42.1 Å².